The molecule has 3 heteroatoms. The molecular formula is C8H13FN2. The van der Waals surface area contributed by atoms with Crippen molar-refractivity contribution in [2.75, 3.05) is 20.1 Å². The van der Waals surface area contributed by atoms with Crippen LogP contribution in [-0.2, 0) is 0 Å². The molecule has 2 unspecified atom stereocenters. The Kier molecular flexibility index (Phi) is 2.84. The Balaban J connectivity index is 2.40. The largest absolute Gasteiger partial charge is 0.306 e. The lowest BCUT2D eigenvalue weighted by molar-refractivity contribution is 0.154. The van der Waals surface area contributed by atoms with Gasteiger partial charge in [-0.3, -0.25) is 0 Å². The number of piperidine rings is 1. The summed E-state index contributed by atoms with van der Waals surface area (Å²) < 4.78 is 12.8. The standard InChI is InChI=1S/C8H13FN2/c1-11-4-2-3-7(6-11)8(9)5-10/h7-8H,2-4,6H2,1H3. The quantitative estimate of drug-likeness (QED) is 0.570. The molecule has 1 aliphatic heterocycles. The highest BCUT2D eigenvalue weighted by atomic mass is 19.1. The van der Waals surface area contributed by atoms with Crippen LogP contribution in [0, 0.1) is 17.2 Å². The van der Waals surface area contributed by atoms with Crippen LogP contribution in [0.5, 0.6) is 0 Å². The van der Waals surface area contributed by atoms with Crippen molar-refractivity contribution in [3.05, 3.63) is 0 Å². The summed E-state index contributed by atoms with van der Waals surface area (Å²) in [6, 6.07) is 1.66. The molecule has 11 heavy (non-hydrogen) atoms. The van der Waals surface area contributed by atoms with E-state index in [2.05, 4.69) is 4.90 Å². The number of likely N-dealkylation sites (tertiary alicyclic amines) is 1. The molecule has 0 N–H and O–H groups in total. The van der Waals surface area contributed by atoms with Gasteiger partial charge in [-0.25, -0.2) is 4.39 Å². The fraction of sp³-hybridized carbons (Fsp3) is 0.875. The third-order valence-electron chi connectivity index (χ3n) is 2.20. The van der Waals surface area contributed by atoms with Crippen molar-refractivity contribution >= 4 is 0 Å². The molecule has 1 saturated heterocycles. The zero-order valence-electron chi connectivity index (χ0n) is 6.76. The van der Waals surface area contributed by atoms with Gasteiger partial charge in [-0.2, -0.15) is 5.26 Å². The molecule has 1 rings (SSSR count). The molecular weight excluding hydrogens is 143 g/mol. The Morgan fingerprint density at radius 3 is 3.00 bits per heavy atom. The van der Waals surface area contributed by atoms with Crippen LogP contribution in [0.1, 0.15) is 12.8 Å². The normalized spacial score (nSPS) is 29.4. The maximum Gasteiger partial charge on any atom is 0.190 e. The molecule has 0 aromatic heterocycles. The van der Waals surface area contributed by atoms with Gasteiger partial charge in [0.25, 0.3) is 0 Å². The first-order chi connectivity index (χ1) is 5.24. The lowest BCUT2D eigenvalue weighted by Crippen LogP contribution is -2.36. The molecule has 1 heterocycles. The zero-order valence-corrected chi connectivity index (χ0v) is 6.76. The molecule has 0 aromatic carbocycles. The van der Waals surface area contributed by atoms with Crippen molar-refractivity contribution in [3.63, 3.8) is 0 Å². The first kappa shape index (κ1) is 8.48. The van der Waals surface area contributed by atoms with Crippen molar-refractivity contribution < 1.29 is 4.39 Å². The predicted octanol–water partition coefficient (Wildman–Crippen LogP) is 1.19. The van der Waals surface area contributed by atoms with Crippen LogP contribution >= 0.6 is 0 Å². The third kappa shape index (κ3) is 2.16. The van der Waals surface area contributed by atoms with E-state index in [0.717, 1.165) is 25.9 Å². The van der Waals surface area contributed by atoms with Gasteiger partial charge in [0.15, 0.2) is 6.17 Å². The molecule has 0 bridgehead atoms. The summed E-state index contributed by atoms with van der Waals surface area (Å²) >= 11 is 0. The van der Waals surface area contributed by atoms with Crippen molar-refractivity contribution in [3.8, 4) is 6.07 Å². The minimum Gasteiger partial charge on any atom is -0.306 e. The molecule has 0 spiro atoms. The Morgan fingerprint density at radius 1 is 1.73 bits per heavy atom. The molecule has 0 amide bonds. The number of hydrogen-bond acceptors (Lipinski definition) is 2. The number of halogens is 1. The molecule has 2 nitrogen and oxygen atoms in total. The Bertz CT molecular complexity index is 164. The highest BCUT2D eigenvalue weighted by Crippen LogP contribution is 2.20. The van der Waals surface area contributed by atoms with E-state index in [0.29, 0.717) is 0 Å². The van der Waals surface area contributed by atoms with E-state index < -0.39 is 6.17 Å². The van der Waals surface area contributed by atoms with Gasteiger partial charge >= 0.3 is 0 Å². The monoisotopic (exact) mass is 156 g/mol. The van der Waals surface area contributed by atoms with Crippen molar-refractivity contribution in [1.29, 1.82) is 5.26 Å². The van der Waals surface area contributed by atoms with Crippen molar-refractivity contribution in [2.24, 2.45) is 5.92 Å². The van der Waals surface area contributed by atoms with E-state index in [1.165, 1.54) is 0 Å². The number of alkyl halides is 1. The topological polar surface area (TPSA) is 27.0 Å². The van der Waals surface area contributed by atoms with Crippen molar-refractivity contribution in [2.45, 2.75) is 19.0 Å². The highest BCUT2D eigenvalue weighted by molar-refractivity contribution is 4.91. The predicted molar refractivity (Wildman–Crippen MR) is 40.7 cm³/mol. The molecule has 0 saturated carbocycles. The minimum absolute atomic E-state index is 0.0567. The Labute approximate surface area is 66.6 Å². The average Bonchev–Trinajstić information content (AvgIpc) is 2.03. The molecule has 0 aliphatic carbocycles. The Hall–Kier alpha value is -0.620. The van der Waals surface area contributed by atoms with Crippen LogP contribution in [0.4, 0.5) is 4.39 Å². The van der Waals surface area contributed by atoms with Crippen LogP contribution in [0.2, 0.25) is 0 Å². The average molecular weight is 156 g/mol. The van der Waals surface area contributed by atoms with Gasteiger partial charge in [-0.1, -0.05) is 0 Å². The van der Waals surface area contributed by atoms with Crippen LogP contribution < -0.4 is 0 Å². The summed E-state index contributed by atoms with van der Waals surface area (Å²) in [6.07, 6.45) is 0.611. The summed E-state index contributed by atoms with van der Waals surface area (Å²) in [4.78, 5) is 2.08. The van der Waals surface area contributed by atoms with Crippen LogP contribution in [-0.4, -0.2) is 31.2 Å². The van der Waals surface area contributed by atoms with E-state index in [-0.39, 0.29) is 5.92 Å². The summed E-state index contributed by atoms with van der Waals surface area (Å²) in [5, 5.41) is 8.33. The smallest absolute Gasteiger partial charge is 0.190 e. The number of nitrogens with zero attached hydrogens (tertiary/aromatic N) is 2. The number of rotatable bonds is 1. The highest BCUT2D eigenvalue weighted by Gasteiger charge is 2.24. The second-order valence-electron chi connectivity index (χ2n) is 3.20. The molecule has 62 valence electrons. The Morgan fingerprint density at radius 2 is 2.45 bits per heavy atom. The molecule has 1 aliphatic rings. The first-order valence-corrected chi connectivity index (χ1v) is 3.96. The molecule has 0 radical (unpaired) electrons. The van der Waals surface area contributed by atoms with Gasteiger partial charge in [0, 0.05) is 12.5 Å². The summed E-state index contributed by atoms with van der Waals surface area (Å²) in [7, 11) is 1.97. The fourth-order valence-electron chi connectivity index (χ4n) is 1.55. The van der Waals surface area contributed by atoms with Gasteiger partial charge in [-0.15, -0.1) is 0 Å². The second kappa shape index (κ2) is 3.68. The molecule has 1 fully saturated rings. The van der Waals surface area contributed by atoms with E-state index in [9.17, 15) is 4.39 Å². The lowest BCUT2D eigenvalue weighted by atomic mass is 9.94. The van der Waals surface area contributed by atoms with Gasteiger partial charge in [0.05, 0.1) is 0 Å². The summed E-state index contributed by atoms with van der Waals surface area (Å²) in [6.45, 7) is 1.77. The maximum atomic E-state index is 12.8. The lowest BCUT2D eigenvalue weighted by Gasteiger charge is -2.29. The summed E-state index contributed by atoms with van der Waals surface area (Å²) in [5.74, 6) is -0.0567. The van der Waals surface area contributed by atoms with E-state index in [1.807, 2.05) is 7.05 Å². The van der Waals surface area contributed by atoms with Crippen LogP contribution in [0.3, 0.4) is 0 Å². The van der Waals surface area contributed by atoms with Gasteiger partial charge in [-0.05, 0) is 26.4 Å². The van der Waals surface area contributed by atoms with E-state index in [4.69, 9.17) is 5.26 Å². The first-order valence-electron chi connectivity index (χ1n) is 3.96. The van der Waals surface area contributed by atoms with E-state index >= 15 is 0 Å². The molecule has 0 aromatic rings. The van der Waals surface area contributed by atoms with Crippen molar-refractivity contribution in [1.82, 2.24) is 4.90 Å². The number of nitriles is 1. The van der Waals surface area contributed by atoms with Crippen LogP contribution in [0.25, 0.3) is 0 Å². The maximum absolute atomic E-state index is 12.8. The number of hydrogen-bond donors (Lipinski definition) is 0. The summed E-state index contributed by atoms with van der Waals surface area (Å²) in [5.41, 5.74) is 0. The SMILES string of the molecule is CN1CCCC(C(F)C#N)C1. The van der Waals surface area contributed by atoms with Gasteiger partial charge < -0.3 is 4.90 Å². The van der Waals surface area contributed by atoms with Gasteiger partial charge in [0.2, 0.25) is 0 Å². The second-order valence-corrected chi connectivity index (χ2v) is 3.20. The van der Waals surface area contributed by atoms with E-state index in [1.54, 1.807) is 6.07 Å². The minimum atomic E-state index is -1.27. The van der Waals surface area contributed by atoms with Gasteiger partial charge in [0.1, 0.15) is 6.07 Å². The van der Waals surface area contributed by atoms with Crippen LogP contribution in [0.15, 0.2) is 0 Å². The fourth-order valence-corrected chi connectivity index (χ4v) is 1.55. The third-order valence-corrected chi connectivity index (χ3v) is 2.20. The molecule has 2 atom stereocenters. The zero-order chi connectivity index (χ0) is 8.27.